The number of amides is 2. The molecule has 2 N–H and O–H groups in total. The molecule has 0 aliphatic carbocycles. The second-order valence-electron chi connectivity index (χ2n) is 7.01. The van der Waals surface area contributed by atoms with Crippen molar-refractivity contribution < 1.29 is 23.0 Å². The summed E-state index contributed by atoms with van der Waals surface area (Å²) in [5, 5.41) is 6.00. The molecule has 1 aliphatic rings. The van der Waals surface area contributed by atoms with Crippen LogP contribution < -0.4 is 15.4 Å². The highest BCUT2D eigenvalue weighted by Crippen LogP contribution is 2.40. The van der Waals surface area contributed by atoms with Crippen molar-refractivity contribution in [3.8, 4) is 5.75 Å². The Balaban J connectivity index is 1.70. The van der Waals surface area contributed by atoms with E-state index in [9.17, 15) is 13.6 Å². The van der Waals surface area contributed by atoms with Gasteiger partial charge in [-0.15, -0.1) is 0 Å². The Morgan fingerprint density at radius 2 is 1.93 bits per heavy atom. The third-order valence-corrected chi connectivity index (χ3v) is 5.45. The van der Waals surface area contributed by atoms with E-state index >= 15 is 0 Å². The molecule has 0 unspecified atom stereocenters. The third-order valence-electron chi connectivity index (χ3n) is 5.22. The van der Waals surface area contributed by atoms with Crippen LogP contribution in [0.3, 0.4) is 0 Å². The topological polar surface area (TPSA) is 59.6 Å². The molecule has 2 amide bonds. The molecule has 0 radical (unpaired) electrons. The molecule has 8 heteroatoms. The smallest absolute Gasteiger partial charge is 0.315 e. The lowest BCUT2D eigenvalue weighted by atomic mass is 9.73. The number of ether oxygens (including phenoxy) is 2. The lowest BCUT2D eigenvalue weighted by molar-refractivity contribution is 0.0498. The van der Waals surface area contributed by atoms with Gasteiger partial charge in [-0.1, -0.05) is 11.6 Å². The number of halogens is 3. The Morgan fingerprint density at radius 1 is 1.17 bits per heavy atom. The molecule has 1 saturated heterocycles. The molecule has 29 heavy (non-hydrogen) atoms. The van der Waals surface area contributed by atoms with E-state index in [4.69, 9.17) is 21.1 Å². The summed E-state index contributed by atoms with van der Waals surface area (Å²) in [6.07, 6.45) is 1.37. The molecule has 2 aromatic rings. The van der Waals surface area contributed by atoms with Crippen LogP contribution in [0.25, 0.3) is 0 Å². The van der Waals surface area contributed by atoms with Crippen LogP contribution in [0.2, 0.25) is 5.02 Å². The molecule has 1 aliphatic heterocycles. The van der Waals surface area contributed by atoms with Gasteiger partial charge in [0.25, 0.3) is 0 Å². The van der Waals surface area contributed by atoms with Gasteiger partial charge in [-0.05, 0) is 49.2 Å². The first-order chi connectivity index (χ1) is 13.9. The predicted octanol–water partition coefficient (Wildman–Crippen LogP) is 4.17. The van der Waals surface area contributed by atoms with Gasteiger partial charge >= 0.3 is 6.03 Å². The Hall–Kier alpha value is -2.38. The van der Waals surface area contributed by atoms with Gasteiger partial charge in [0.1, 0.15) is 17.4 Å². The maximum Gasteiger partial charge on any atom is 0.315 e. The van der Waals surface area contributed by atoms with Crippen LogP contribution in [0.15, 0.2) is 36.4 Å². The van der Waals surface area contributed by atoms with Gasteiger partial charge in [0, 0.05) is 47.9 Å². The Kier molecular flexibility index (Phi) is 6.92. The van der Waals surface area contributed by atoms with Gasteiger partial charge in [0.2, 0.25) is 0 Å². The van der Waals surface area contributed by atoms with Crippen LogP contribution in [0.5, 0.6) is 5.75 Å². The summed E-state index contributed by atoms with van der Waals surface area (Å²) in [7, 11) is 1.59. The monoisotopic (exact) mass is 424 g/mol. The van der Waals surface area contributed by atoms with E-state index in [0.717, 1.165) is 23.8 Å². The standard InChI is InChI=1S/C21H23ClF2N2O3/c1-28-19-5-2-15(22)11-17(19)21(6-8-29-9-7-21)13-26-20(27)25-12-14-10-16(23)3-4-18(14)24/h2-5,10-11H,6-9,12-13H2,1H3,(H2,25,26,27). The molecule has 5 nitrogen and oxygen atoms in total. The lowest BCUT2D eigenvalue weighted by Gasteiger charge is -2.38. The van der Waals surface area contributed by atoms with Gasteiger partial charge in [-0.25, -0.2) is 13.6 Å². The van der Waals surface area contributed by atoms with Crippen molar-refractivity contribution in [2.75, 3.05) is 26.9 Å². The third kappa shape index (κ3) is 5.16. The van der Waals surface area contributed by atoms with E-state index < -0.39 is 23.1 Å². The number of nitrogens with one attached hydrogen (secondary N) is 2. The molecule has 0 atom stereocenters. The summed E-state index contributed by atoms with van der Waals surface area (Å²) in [6.45, 7) is 1.30. The number of carbonyl (C=O) groups excluding carboxylic acids is 1. The fourth-order valence-electron chi connectivity index (χ4n) is 3.56. The summed E-state index contributed by atoms with van der Waals surface area (Å²) in [5.74, 6) is -0.436. The van der Waals surface area contributed by atoms with Crippen molar-refractivity contribution in [2.24, 2.45) is 0 Å². The van der Waals surface area contributed by atoms with Crippen LogP contribution in [0.4, 0.5) is 13.6 Å². The highest BCUT2D eigenvalue weighted by atomic mass is 35.5. The summed E-state index contributed by atoms with van der Waals surface area (Å²) < 4.78 is 38.0. The first-order valence-electron chi connectivity index (χ1n) is 9.31. The average Bonchev–Trinajstić information content (AvgIpc) is 2.73. The zero-order chi connectivity index (χ0) is 20.9. The molecule has 1 fully saturated rings. The quantitative estimate of drug-likeness (QED) is 0.731. The van der Waals surface area contributed by atoms with Crippen molar-refractivity contribution >= 4 is 17.6 Å². The van der Waals surface area contributed by atoms with E-state index in [1.165, 1.54) is 0 Å². The SMILES string of the molecule is COc1ccc(Cl)cc1C1(CNC(=O)NCc2cc(F)ccc2F)CCOCC1. The van der Waals surface area contributed by atoms with Crippen molar-refractivity contribution in [3.63, 3.8) is 0 Å². The van der Waals surface area contributed by atoms with Crippen LogP contribution in [-0.4, -0.2) is 32.9 Å². The minimum Gasteiger partial charge on any atom is -0.496 e. The van der Waals surface area contributed by atoms with Crippen LogP contribution >= 0.6 is 11.6 Å². The zero-order valence-electron chi connectivity index (χ0n) is 16.1. The molecule has 2 aromatic carbocycles. The largest absolute Gasteiger partial charge is 0.496 e. The van der Waals surface area contributed by atoms with Crippen molar-refractivity contribution in [1.29, 1.82) is 0 Å². The van der Waals surface area contributed by atoms with Gasteiger partial charge in [0.05, 0.1) is 7.11 Å². The second kappa shape index (κ2) is 9.41. The summed E-state index contributed by atoms with van der Waals surface area (Å²) in [6, 6.07) is 8.07. The number of rotatable bonds is 6. The normalized spacial score (nSPS) is 15.6. The number of benzene rings is 2. The van der Waals surface area contributed by atoms with Gasteiger partial charge in [0.15, 0.2) is 0 Å². The molecule has 0 aromatic heterocycles. The molecular formula is C21H23ClF2N2O3. The predicted molar refractivity (Wildman–Crippen MR) is 106 cm³/mol. The highest BCUT2D eigenvalue weighted by molar-refractivity contribution is 6.30. The molecule has 0 saturated carbocycles. The van der Waals surface area contributed by atoms with Crippen molar-refractivity contribution in [2.45, 2.75) is 24.8 Å². The number of methoxy groups -OCH3 is 1. The molecule has 3 rings (SSSR count). The molecule has 156 valence electrons. The first kappa shape index (κ1) is 21.3. The van der Waals surface area contributed by atoms with Crippen molar-refractivity contribution in [1.82, 2.24) is 10.6 Å². The minimum atomic E-state index is -0.573. The average molecular weight is 425 g/mol. The Bertz CT molecular complexity index is 873. The molecule has 0 bridgehead atoms. The fraction of sp³-hybridized carbons (Fsp3) is 0.381. The summed E-state index contributed by atoms with van der Waals surface area (Å²) >= 11 is 6.21. The highest BCUT2D eigenvalue weighted by Gasteiger charge is 2.37. The van der Waals surface area contributed by atoms with Crippen LogP contribution in [0.1, 0.15) is 24.0 Å². The Morgan fingerprint density at radius 3 is 2.66 bits per heavy atom. The van der Waals surface area contributed by atoms with E-state index in [-0.39, 0.29) is 12.1 Å². The van der Waals surface area contributed by atoms with Gasteiger partial charge < -0.3 is 20.1 Å². The Labute approximate surface area is 173 Å². The van der Waals surface area contributed by atoms with Crippen molar-refractivity contribution in [3.05, 3.63) is 64.2 Å². The number of urea groups is 1. The first-order valence-corrected chi connectivity index (χ1v) is 9.69. The molecule has 1 heterocycles. The van der Waals surface area contributed by atoms with E-state index in [1.807, 2.05) is 12.1 Å². The minimum absolute atomic E-state index is 0.0810. The number of carbonyl (C=O) groups is 1. The van der Waals surface area contributed by atoms with E-state index in [0.29, 0.717) is 43.4 Å². The fourth-order valence-corrected chi connectivity index (χ4v) is 3.74. The maximum absolute atomic E-state index is 13.7. The van der Waals surface area contributed by atoms with Gasteiger partial charge in [-0.3, -0.25) is 0 Å². The number of hydrogen-bond acceptors (Lipinski definition) is 3. The van der Waals surface area contributed by atoms with E-state index in [1.54, 1.807) is 13.2 Å². The lowest BCUT2D eigenvalue weighted by Crippen LogP contribution is -2.47. The summed E-state index contributed by atoms with van der Waals surface area (Å²) in [4.78, 5) is 12.3. The summed E-state index contributed by atoms with van der Waals surface area (Å²) in [5.41, 5.74) is 0.584. The zero-order valence-corrected chi connectivity index (χ0v) is 16.8. The molecular weight excluding hydrogens is 402 g/mol. The maximum atomic E-state index is 13.7. The second-order valence-corrected chi connectivity index (χ2v) is 7.45. The van der Waals surface area contributed by atoms with Crippen LogP contribution in [-0.2, 0) is 16.7 Å². The number of hydrogen-bond donors (Lipinski definition) is 2. The van der Waals surface area contributed by atoms with E-state index in [2.05, 4.69) is 10.6 Å². The van der Waals surface area contributed by atoms with Crippen LogP contribution in [0, 0.1) is 11.6 Å². The van der Waals surface area contributed by atoms with Gasteiger partial charge in [-0.2, -0.15) is 0 Å². The molecule has 0 spiro atoms.